The molecule has 0 atom stereocenters. The van der Waals surface area contributed by atoms with Crippen LogP contribution in [0.3, 0.4) is 0 Å². The van der Waals surface area contributed by atoms with E-state index in [1.165, 1.54) is 7.11 Å². The number of fused-ring (bicyclic) bond motifs is 1. The van der Waals surface area contributed by atoms with Gasteiger partial charge in [-0.15, -0.1) is 0 Å². The average Bonchev–Trinajstić information content (AvgIpc) is 3.05. The molecule has 2 aromatic carbocycles. The molecule has 27 heavy (non-hydrogen) atoms. The van der Waals surface area contributed by atoms with Gasteiger partial charge in [-0.25, -0.2) is 0 Å². The van der Waals surface area contributed by atoms with Gasteiger partial charge in [0.2, 0.25) is 0 Å². The number of halogens is 1. The summed E-state index contributed by atoms with van der Waals surface area (Å²) in [4.78, 5) is 14.9. The van der Waals surface area contributed by atoms with Gasteiger partial charge in [0.05, 0.1) is 30.9 Å². The highest BCUT2D eigenvalue weighted by Crippen LogP contribution is 2.36. The molecule has 0 unspecified atom stereocenters. The lowest BCUT2D eigenvalue weighted by Crippen LogP contribution is -2.01. The predicted octanol–water partition coefficient (Wildman–Crippen LogP) is 4.86. The first kappa shape index (κ1) is 18.8. The largest absolute Gasteiger partial charge is 0.495 e. The summed E-state index contributed by atoms with van der Waals surface area (Å²) in [6.07, 6.45) is 1.66. The number of hydrogen-bond donors (Lipinski definition) is 1. The lowest BCUT2D eigenvalue weighted by atomic mass is 9.99. The second-order valence-corrected chi connectivity index (χ2v) is 6.54. The van der Waals surface area contributed by atoms with Gasteiger partial charge in [-0.3, -0.25) is 4.79 Å². The van der Waals surface area contributed by atoms with Crippen LogP contribution < -0.4 is 4.74 Å². The van der Waals surface area contributed by atoms with Crippen LogP contribution in [0.25, 0.3) is 22.2 Å². The number of rotatable bonds is 6. The van der Waals surface area contributed by atoms with E-state index < -0.39 is 0 Å². The molecule has 0 fully saturated rings. The van der Waals surface area contributed by atoms with Gasteiger partial charge in [0, 0.05) is 28.6 Å². The minimum Gasteiger partial charge on any atom is -0.495 e. The van der Waals surface area contributed by atoms with E-state index in [2.05, 4.69) is 11.1 Å². The van der Waals surface area contributed by atoms with Crippen LogP contribution in [0, 0.1) is 11.3 Å². The van der Waals surface area contributed by atoms with Crippen molar-refractivity contribution in [1.82, 2.24) is 4.98 Å². The van der Waals surface area contributed by atoms with Gasteiger partial charge in [-0.2, -0.15) is 5.26 Å². The number of aryl methyl sites for hydroxylation is 1. The standard InChI is InChI=1S/C21H19ClN2O3/c1-26-19-11-14(7-8-17(19)22)21-15(4-3-5-20(25)27-2)16-10-13(12-23)6-9-18(16)24-21/h6-11,24H,3-5H2,1-2H3. The number of benzene rings is 2. The number of carbonyl (C=O) groups is 1. The number of H-pyrrole nitrogens is 1. The van der Waals surface area contributed by atoms with Crippen molar-refractivity contribution in [2.45, 2.75) is 19.3 Å². The van der Waals surface area contributed by atoms with Crippen LogP contribution in [0.1, 0.15) is 24.0 Å². The molecule has 0 spiro atoms. The molecule has 0 aliphatic heterocycles. The van der Waals surface area contributed by atoms with Crippen molar-refractivity contribution < 1.29 is 14.3 Å². The van der Waals surface area contributed by atoms with Crippen LogP contribution in [0.2, 0.25) is 5.02 Å². The maximum Gasteiger partial charge on any atom is 0.305 e. The van der Waals surface area contributed by atoms with Crippen molar-refractivity contribution in [3.05, 3.63) is 52.5 Å². The summed E-state index contributed by atoms with van der Waals surface area (Å²) in [6, 6.07) is 13.3. The second-order valence-electron chi connectivity index (χ2n) is 6.13. The molecule has 0 amide bonds. The van der Waals surface area contributed by atoms with Gasteiger partial charge >= 0.3 is 5.97 Å². The van der Waals surface area contributed by atoms with Crippen molar-refractivity contribution in [3.8, 4) is 23.1 Å². The number of hydrogen-bond acceptors (Lipinski definition) is 4. The number of carbonyl (C=O) groups excluding carboxylic acids is 1. The monoisotopic (exact) mass is 382 g/mol. The third-order valence-corrected chi connectivity index (χ3v) is 4.82. The highest BCUT2D eigenvalue weighted by Gasteiger charge is 2.16. The van der Waals surface area contributed by atoms with Gasteiger partial charge in [-0.05, 0) is 48.7 Å². The first-order chi connectivity index (χ1) is 13.1. The summed E-state index contributed by atoms with van der Waals surface area (Å²) in [5.41, 5.74) is 4.44. The molecule has 0 saturated carbocycles. The molecule has 1 N–H and O–H groups in total. The van der Waals surface area contributed by atoms with Crippen LogP contribution in [0.5, 0.6) is 5.75 Å². The highest BCUT2D eigenvalue weighted by molar-refractivity contribution is 6.32. The van der Waals surface area contributed by atoms with E-state index in [9.17, 15) is 10.1 Å². The van der Waals surface area contributed by atoms with Gasteiger partial charge in [0.25, 0.3) is 0 Å². The van der Waals surface area contributed by atoms with Gasteiger partial charge in [0.15, 0.2) is 0 Å². The molecule has 0 bridgehead atoms. The fourth-order valence-corrected chi connectivity index (χ4v) is 3.34. The number of aromatic amines is 1. The molecule has 0 aliphatic rings. The Labute approximate surface area is 162 Å². The van der Waals surface area contributed by atoms with E-state index in [0.29, 0.717) is 35.6 Å². The molecule has 1 heterocycles. The number of nitrogens with zero attached hydrogens (tertiary/aromatic N) is 1. The number of aromatic nitrogens is 1. The Morgan fingerprint density at radius 2 is 2.04 bits per heavy atom. The summed E-state index contributed by atoms with van der Waals surface area (Å²) in [5.74, 6) is 0.355. The molecule has 0 aliphatic carbocycles. The van der Waals surface area contributed by atoms with Gasteiger partial charge in [0.1, 0.15) is 5.75 Å². The summed E-state index contributed by atoms with van der Waals surface area (Å²) >= 11 is 6.15. The lowest BCUT2D eigenvalue weighted by Gasteiger charge is -2.08. The number of esters is 1. The van der Waals surface area contributed by atoms with E-state index in [-0.39, 0.29) is 5.97 Å². The predicted molar refractivity (Wildman–Crippen MR) is 105 cm³/mol. The number of ether oxygens (including phenoxy) is 2. The molecular formula is C21H19ClN2O3. The molecule has 3 aromatic rings. The van der Waals surface area contributed by atoms with Gasteiger partial charge in [-0.1, -0.05) is 17.7 Å². The molecule has 0 saturated heterocycles. The minimum absolute atomic E-state index is 0.234. The molecule has 6 heteroatoms. The van der Waals surface area contributed by atoms with Crippen molar-refractivity contribution in [1.29, 1.82) is 5.26 Å². The fraction of sp³-hybridized carbons (Fsp3) is 0.238. The normalized spacial score (nSPS) is 10.6. The zero-order chi connectivity index (χ0) is 19.4. The first-order valence-electron chi connectivity index (χ1n) is 8.52. The quantitative estimate of drug-likeness (QED) is 0.617. The zero-order valence-electron chi connectivity index (χ0n) is 15.1. The third kappa shape index (κ3) is 3.91. The van der Waals surface area contributed by atoms with Crippen LogP contribution in [-0.2, 0) is 16.0 Å². The minimum atomic E-state index is -0.234. The Hall–Kier alpha value is -2.97. The Balaban J connectivity index is 2.09. The highest BCUT2D eigenvalue weighted by atomic mass is 35.5. The van der Waals surface area contributed by atoms with Crippen molar-refractivity contribution in [2.24, 2.45) is 0 Å². The maximum absolute atomic E-state index is 11.5. The van der Waals surface area contributed by atoms with E-state index in [0.717, 1.165) is 27.7 Å². The van der Waals surface area contributed by atoms with E-state index in [1.807, 2.05) is 24.3 Å². The summed E-state index contributed by atoms with van der Waals surface area (Å²) < 4.78 is 10.1. The van der Waals surface area contributed by atoms with Crippen LogP contribution in [0.15, 0.2) is 36.4 Å². The molecular weight excluding hydrogens is 364 g/mol. The summed E-state index contributed by atoms with van der Waals surface area (Å²) in [7, 11) is 2.96. The Morgan fingerprint density at radius 1 is 1.22 bits per heavy atom. The first-order valence-corrected chi connectivity index (χ1v) is 8.90. The fourth-order valence-electron chi connectivity index (χ4n) is 3.15. The topological polar surface area (TPSA) is 75.1 Å². The molecule has 1 aromatic heterocycles. The maximum atomic E-state index is 11.5. The molecule has 138 valence electrons. The van der Waals surface area contributed by atoms with Crippen LogP contribution in [-0.4, -0.2) is 25.2 Å². The Bertz CT molecular complexity index is 1030. The van der Waals surface area contributed by atoms with Crippen LogP contribution in [0.4, 0.5) is 0 Å². The van der Waals surface area contributed by atoms with Crippen molar-refractivity contribution >= 4 is 28.5 Å². The van der Waals surface area contributed by atoms with E-state index >= 15 is 0 Å². The Morgan fingerprint density at radius 3 is 2.74 bits per heavy atom. The smallest absolute Gasteiger partial charge is 0.305 e. The average molecular weight is 383 g/mol. The molecule has 5 nitrogen and oxygen atoms in total. The Kier molecular flexibility index (Phi) is 5.68. The third-order valence-electron chi connectivity index (χ3n) is 4.51. The molecule has 3 rings (SSSR count). The second kappa shape index (κ2) is 8.15. The van der Waals surface area contributed by atoms with E-state index in [4.69, 9.17) is 21.1 Å². The summed E-state index contributed by atoms with van der Waals surface area (Å²) in [6.45, 7) is 0. The number of nitriles is 1. The SMILES string of the molecule is COC(=O)CCCc1c(-c2ccc(Cl)c(OC)c2)[nH]c2ccc(C#N)cc12. The van der Waals surface area contributed by atoms with Crippen molar-refractivity contribution in [2.75, 3.05) is 14.2 Å². The number of methoxy groups -OCH3 is 2. The number of nitrogens with one attached hydrogen (secondary N) is 1. The van der Waals surface area contributed by atoms with Crippen LogP contribution >= 0.6 is 11.6 Å². The zero-order valence-corrected chi connectivity index (χ0v) is 15.9. The van der Waals surface area contributed by atoms with Gasteiger partial charge < -0.3 is 14.5 Å². The summed E-state index contributed by atoms with van der Waals surface area (Å²) in [5, 5.41) is 10.8. The molecule has 0 radical (unpaired) electrons. The van der Waals surface area contributed by atoms with E-state index in [1.54, 1.807) is 19.2 Å². The van der Waals surface area contributed by atoms with Crippen molar-refractivity contribution in [3.63, 3.8) is 0 Å². The lowest BCUT2D eigenvalue weighted by molar-refractivity contribution is -0.140.